The van der Waals surface area contributed by atoms with Gasteiger partial charge >= 0.3 is 6.18 Å². The molecule has 1 unspecified atom stereocenters. The second-order valence-electron chi connectivity index (χ2n) is 2.88. The summed E-state index contributed by atoms with van der Waals surface area (Å²) in [5.41, 5.74) is -2.51. The number of aliphatic hydroxyl groups is 1. The van der Waals surface area contributed by atoms with Crippen molar-refractivity contribution in [2.45, 2.75) is 44.9 Å². The number of alkyl halides is 3. The molecule has 0 aliphatic heterocycles. The third-order valence-corrected chi connectivity index (χ3v) is 1.63. The lowest BCUT2D eigenvalue weighted by Crippen LogP contribution is -2.41. The van der Waals surface area contributed by atoms with E-state index in [1.807, 2.05) is 0 Å². The molecule has 0 aliphatic rings. The Kier molecular flexibility index (Phi) is 3.35. The zero-order chi connectivity index (χ0) is 9.12. The third kappa shape index (κ3) is 3.10. The average Bonchev–Trinajstić information content (AvgIpc) is 1.81. The predicted molar refractivity (Wildman–Crippen MR) is 36.2 cm³/mol. The van der Waals surface area contributed by atoms with Crippen LogP contribution in [0.4, 0.5) is 13.2 Å². The molecule has 0 radical (unpaired) electrons. The van der Waals surface area contributed by atoms with Crippen LogP contribution in [-0.4, -0.2) is 16.9 Å². The van der Waals surface area contributed by atoms with Gasteiger partial charge in [-0.2, -0.15) is 13.2 Å². The number of rotatable bonds is 3. The molecule has 0 fully saturated rings. The molecule has 1 atom stereocenters. The van der Waals surface area contributed by atoms with Gasteiger partial charge in [-0.05, 0) is 13.3 Å². The van der Waals surface area contributed by atoms with E-state index in [0.29, 0.717) is 12.8 Å². The molecule has 1 N–H and O–H groups in total. The number of hydrogen-bond acceptors (Lipinski definition) is 1. The van der Waals surface area contributed by atoms with E-state index in [9.17, 15) is 13.2 Å². The molecule has 0 saturated heterocycles. The van der Waals surface area contributed by atoms with Gasteiger partial charge in [-0.3, -0.25) is 0 Å². The lowest BCUT2D eigenvalue weighted by molar-refractivity contribution is -0.255. The first-order valence-corrected chi connectivity index (χ1v) is 3.60. The van der Waals surface area contributed by atoms with Crippen molar-refractivity contribution in [3.05, 3.63) is 0 Å². The van der Waals surface area contributed by atoms with E-state index in [4.69, 9.17) is 5.11 Å². The van der Waals surface area contributed by atoms with E-state index < -0.39 is 11.8 Å². The molecule has 0 aromatic carbocycles. The van der Waals surface area contributed by atoms with Crippen molar-refractivity contribution in [1.82, 2.24) is 0 Å². The Morgan fingerprint density at radius 3 is 2.00 bits per heavy atom. The van der Waals surface area contributed by atoms with Gasteiger partial charge in [-0.1, -0.05) is 19.8 Å². The lowest BCUT2D eigenvalue weighted by atomic mass is 9.99. The molecular formula is C7H13F3O. The molecule has 0 heterocycles. The van der Waals surface area contributed by atoms with Gasteiger partial charge in [-0.15, -0.1) is 0 Å². The Morgan fingerprint density at radius 1 is 1.27 bits per heavy atom. The zero-order valence-corrected chi connectivity index (χ0v) is 6.70. The van der Waals surface area contributed by atoms with Gasteiger partial charge in [0.2, 0.25) is 0 Å². The SMILES string of the molecule is CCCCC(C)(O)C(F)(F)F. The van der Waals surface area contributed by atoms with Gasteiger partial charge in [0.1, 0.15) is 0 Å². The van der Waals surface area contributed by atoms with Crippen LogP contribution >= 0.6 is 0 Å². The van der Waals surface area contributed by atoms with Crippen LogP contribution in [0.2, 0.25) is 0 Å². The third-order valence-electron chi connectivity index (χ3n) is 1.63. The molecule has 0 spiro atoms. The van der Waals surface area contributed by atoms with Crippen molar-refractivity contribution in [2.75, 3.05) is 0 Å². The summed E-state index contributed by atoms with van der Waals surface area (Å²) < 4.78 is 35.7. The van der Waals surface area contributed by atoms with Gasteiger partial charge in [0, 0.05) is 0 Å². The Bertz CT molecular complexity index is 117. The van der Waals surface area contributed by atoms with Crippen molar-refractivity contribution < 1.29 is 18.3 Å². The molecule has 11 heavy (non-hydrogen) atoms. The fourth-order valence-electron chi connectivity index (χ4n) is 0.663. The second kappa shape index (κ2) is 3.43. The predicted octanol–water partition coefficient (Wildman–Crippen LogP) is 2.49. The van der Waals surface area contributed by atoms with Crippen LogP contribution in [0.3, 0.4) is 0 Å². The lowest BCUT2D eigenvalue weighted by Gasteiger charge is -2.25. The van der Waals surface area contributed by atoms with Gasteiger partial charge in [-0.25, -0.2) is 0 Å². The maximum absolute atomic E-state index is 11.9. The van der Waals surface area contributed by atoms with Gasteiger partial charge < -0.3 is 5.11 Å². The zero-order valence-electron chi connectivity index (χ0n) is 6.70. The van der Waals surface area contributed by atoms with Gasteiger partial charge in [0.05, 0.1) is 0 Å². The number of hydrogen-bond donors (Lipinski definition) is 1. The summed E-state index contributed by atoms with van der Waals surface area (Å²) in [7, 11) is 0. The topological polar surface area (TPSA) is 20.2 Å². The highest BCUT2D eigenvalue weighted by Gasteiger charge is 2.48. The molecule has 4 heteroatoms. The van der Waals surface area contributed by atoms with Crippen molar-refractivity contribution in [1.29, 1.82) is 0 Å². The molecule has 0 saturated carbocycles. The minimum Gasteiger partial charge on any atom is -0.381 e. The summed E-state index contributed by atoms with van der Waals surface area (Å²) in [6.45, 7) is 2.59. The smallest absolute Gasteiger partial charge is 0.381 e. The fourth-order valence-corrected chi connectivity index (χ4v) is 0.663. The van der Waals surface area contributed by atoms with Gasteiger partial charge in [0.25, 0.3) is 0 Å². The average molecular weight is 170 g/mol. The Balaban J connectivity index is 4.00. The van der Waals surface area contributed by atoms with E-state index in [1.165, 1.54) is 0 Å². The van der Waals surface area contributed by atoms with Crippen molar-refractivity contribution in [3.63, 3.8) is 0 Å². The minimum atomic E-state index is -4.50. The second-order valence-corrected chi connectivity index (χ2v) is 2.88. The molecule has 68 valence electrons. The van der Waals surface area contributed by atoms with Gasteiger partial charge in [0.15, 0.2) is 5.60 Å². The molecule has 0 aliphatic carbocycles. The minimum absolute atomic E-state index is 0.215. The summed E-state index contributed by atoms with van der Waals surface area (Å²) in [4.78, 5) is 0. The summed E-state index contributed by atoms with van der Waals surface area (Å²) >= 11 is 0. The Hall–Kier alpha value is -0.250. The highest BCUT2D eigenvalue weighted by atomic mass is 19.4. The largest absolute Gasteiger partial charge is 0.416 e. The van der Waals surface area contributed by atoms with Crippen LogP contribution in [0.15, 0.2) is 0 Å². The number of halogens is 3. The standard InChI is InChI=1S/C7H13F3O/c1-3-4-5-6(2,11)7(8,9)10/h11H,3-5H2,1-2H3. The molecule has 0 bridgehead atoms. The molecule has 0 amide bonds. The monoisotopic (exact) mass is 170 g/mol. The quantitative estimate of drug-likeness (QED) is 0.689. The highest BCUT2D eigenvalue weighted by molar-refractivity contribution is 4.80. The molecular weight excluding hydrogens is 157 g/mol. The van der Waals surface area contributed by atoms with E-state index in [0.717, 1.165) is 6.92 Å². The first-order chi connectivity index (χ1) is 4.81. The van der Waals surface area contributed by atoms with E-state index in [1.54, 1.807) is 6.92 Å². The Labute approximate surface area is 64.2 Å². The highest BCUT2D eigenvalue weighted by Crippen LogP contribution is 2.33. The van der Waals surface area contributed by atoms with Crippen LogP contribution in [-0.2, 0) is 0 Å². The summed E-state index contributed by atoms with van der Waals surface area (Å²) in [6, 6.07) is 0. The molecule has 0 aromatic rings. The maximum Gasteiger partial charge on any atom is 0.416 e. The van der Waals surface area contributed by atoms with Crippen LogP contribution in [0.1, 0.15) is 33.1 Å². The van der Waals surface area contributed by atoms with Crippen LogP contribution in [0.25, 0.3) is 0 Å². The van der Waals surface area contributed by atoms with Crippen LogP contribution in [0.5, 0.6) is 0 Å². The summed E-state index contributed by atoms with van der Waals surface area (Å²) in [5, 5.41) is 8.86. The first-order valence-electron chi connectivity index (χ1n) is 3.60. The molecule has 0 aromatic heterocycles. The van der Waals surface area contributed by atoms with Crippen LogP contribution < -0.4 is 0 Å². The normalized spacial score (nSPS) is 18.0. The van der Waals surface area contributed by atoms with E-state index in [-0.39, 0.29) is 6.42 Å². The maximum atomic E-state index is 11.9. The fraction of sp³-hybridized carbons (Fsp3) is 1.00. The number of unbranched alkanes of at least 4 members (excludes halogenated alkanes) is 1. The molecule has 0 rings (SSSR count). The van der Waals surface area contributed by atoms with Crippen molar-refractivity contribution in [3.8, 4) is 0 Å². The van der Waals surface area contributed by atoms with E-state index in [2.05, 4.69) is 0 Å². The first kappa shape index (κ1) is 10.8. The van der Waals surface area contributed by atoms with Crippen molar-refractivity contribution >= 4 is 0 Å². The van der Waals surface area contributed by atoms with E-state index >= 15 is 0 Å². The molecule has 1 nitrogen and oxygen atoms in total. The Morgan fingerprint density at radius 2 is 1.73 bits per heavy atom. The summed E-state index contributed by atoms with van der Waals surface area (Å²) in [5.74, 6) is 0. The summed E-state index contributed by atoms with van der Waals surface area (Å²) in [6.07, 6.45) is -3.66. The van der Waals surface area contributed by atoms with Crippen LogP contribution in [0, 0.1) is 0 Å². The van der Waals surface area contributed by atoms with Crippen molar-refractivity contribution in [2.24, 2.45) is 0 Å².